The fraction of sp³-hybridized carbons (Fsp3) is 0.600. The number of anilines is 1. The normalized spacial score (nSPS) is 14.1. The zero-order chi connectivity index (χ0) is 15.1. The molecule has 0 aliphatic heterocycles. The van der Waals surface area contributed by atoms with Gasteiger partial charge in [-0.1, -0.05) is 6.07 Å². The van der Waals surface area contributed by atoms with Crippen molar-refractivity contribution in [3.63, 3.8) is 0 Å². The summed E-state index contributed by atoms with van der Waals surface area (Å²) in [6.07, 6.45) is 0. The number of rotatable bonds is 8. The minimum atomic E-state index is -0.265. The van der Waals surface area contributed by atoms with E-state index in [0.29, 0.717) is 25.4 Å². The molecule has 20 heavy (non-hydrogen) atoms. The molecule has 0 radical (unpaired) electrons. The van der Waals surface area contributed by atoms with E-state index in [4.69, 9.17) is 15.2 Å². The van der Waals surface area contributed by atoms with Gasteiger partial charge in [-0.2, -0.15) is 0 Å². The maximum atomic E-state index is 14.3. The first-order valence-corrected chi connectivity index (χ1v) is 6.80. The second-order valence-corrected chi connectivity index (χ2v) is 4.99. The molecule has 0 bridgehead atoms. The lowest BCUT2D eigenvalue weighted by atomic mass is 10.1. The van der Waals surface area contributed by atoms with Gasteiger partial charge in [-0.3, -0.25) is 0 Å². The van der Waals surface area contributed by atoms with E-state index >= 15 is 0 Å². The number of nitrogens with zero attached hydrogens (tertiary/aromatic N) is 1. The maximum Gasteiger partial charge on any atom is 0.146 e. The molecule has 0 heterocycles. The molecule has 0 spiro atoms. The van der Waals surface area contributed by atoms with Gasteiger partial charge in [0.2, 0.25) is 0 Å². The molecule has 0 aromatic heterocycles. The molecule has 0 fully saturated rings. The molecule has 0 amide bonds. The molecule has 4 nitrogen and oxygen atoms in total. The van der Waals surface area contributed by atoms with Gasteiger partial charge in [0.25, 0.3) is 0 Å². The van der Waals surface area contributed by atoms with Crippen LogP contribution in [0.2, 0.25) is 0 Å². The van der Waals surface area contributed by atoms with Crippen molar-refractivity contribution in [2.45, 2.75) is 25.9 Å². The van der Waals surface area contributed by atoms with Gasteiger partial charge in [-0.15, -0.1) is 0 Å². The smallest absolute Gasteiger partial charge is 0.146 e. The van der Waals surface area contributed by atoms with Gasteiger partial charge in [0.1, 0.15) is 5.82 Å². The SMILES string of the molecule is COCCN(c1ccc([C@H](C)N)cc1F)C(C)COC. The molecule has 1 aromatic carbocycles. The summed E-state index contributed by atoms with van der Waals surface area (Å²) in [4.78, 5) is 1.95. The molecule has 0 saturated carbocycles. The number of hydrogen-bond acceptors (Lipinski definition) is 4. The van der Waals surface area contributed by atoms with Crippen molar-refractivity contribution in [1.29, 1.82) is 0 Å². The molecule has 114 valence electrons. The van der Waals surface area contributed by atoms with Gasteiger partial charge >= 0.3 is 0 Å². The standard InChI is InChI=1S/C15H25FN2O2/c1-11(10-20-4)18(7-8-19-3)15-6-5-13(12(2)17)9-14(15)16/h5-6,9,11-12H,7-8,10,17H2,1-4H3/t11?,12-/m0/s1. The lowest BCUT2D eigenvalue weighted by molar-refractivity contribution is 0.170. The van der Waals surface area contributed by atoms with Crippen LogP contribution in [-0.2, 0) is 9.47 Å². The number of methoxy groups -OCH3 is 2. The maximum absolute atomic E-state index is 14.3. The Morgan fingerprint density at radius 2 is 1.95 bits per heavy atom. The Morgan fingerprint density at radius 1 is 1.25 bits per heavy atom. The Labute approximate surface area is 120 Å². The van der Waals surface area contributed by atoms with E-state index < -0.39 is 0 Å². The van der Waals surface area contributed by atoms with Gasteiger partial charge < -0.3 is 20.1 Å². The predicted molar refractivity (Wildman–Crippen MR) is 79.6 cm³/mol. The highest BCUT2D eigenvalue weighted by molar-refractivity contribution is 5.50. The third-order valence-corrected chi connectivity index (χ3v) is 3.28. The first kappa shape index (κ1) is 16.9. The van der Waals surface area contributed by atoms with Crippen molar-refractivity contribution >= 4 is 5.69 Å². The van der Waals surface area contributed by atoms with E-state index in [1.807, 2.05) is 24.8 Å². The largest absolute Gasteiger partial charge is 0.383 e. The minimum absolute atomic E-state index is 0.0609. The molecule has 0 aliphatic rings. The monoisotopic (exact) mass is 284 g/mol. The van der Waals surface area contributed by atoms with Crippen LogP contribution in [0.5, 0.6) is 0 Å². The number of ether oxygens (including phenoxy) is 2. The summed E-state index contributed by atoms with van der Waals surface area (Å²) in [6, 6.07) is 5.02. The first-order chi connectivity index (χ1) is 9.51. The molecule has 2 N–H and O–H groups in total. The summed E-state index contributed by atoms with van der Waals surface area (Å²) in [6.45, 7) is 5.50. The molecule has 1 unspecified atom stereocenters. The number of nitrogens with two attached hydrogens (primary N) is 1. The Hall–Kier alpha value is -1.17. The van der Waals surface area contributed by atoms with Crippen LogP contribution in [0.4, 0.5) is 10.1 Å². The van der Waals surface area contributed by atoms with Crippen LogP contribution in [0.3, 0.4) is 0 Å². The van der Waals surface area contributed by atoms with E-state index in [-0.39, 0.29) is 17.9 Å². The van der Waals surface area contributed by atoms with Crippen LogP contribution in [0, 0.1) is 5.82 Å². The quantitative estimate of drug-likeness (QED) is 0.796. The van der Waals surface area contributed by atoms with Crippen LogP contribution in [-0.4, -0.2) is 40.0 Å². The van der Waals surface area contributed by atoms with Crippen LogP contribution in [0.25, 0.3) is 0 Å². The topological polar surface area (TPSA) is 47.7 Å². The van der Waals surface area contributed by atoms with Crippen molar-refractivity contribution < 1.29 is 13.9 Å². The summed E-state index contributed by atoms with van der Waals surface area (Å²) >= 11 is 0. The second-order valence-electron chi connectivity index (χ2n) is 4.99. The lowest BCUT2D eigenvalue weighted by Gasteiger charge is -2.31. The lowest BCUT2D eigenvalue weighted by Crippen LogP contribution is -2.39. The Bertz CT molecular complexity index is 413. The summed E-state index contributed by atoms with van der Waals surface area (Å²) < 4.78 is 24.6. The fourth-order valence-corrected chi connectivity index (χ4v) is 2.14. The van der Waals surface area contributed by atoms with E-state index in [1.165, 1.54) is 6.07 Å². The Morgan fingerprint density at radius 3 is 2.45 bits per heavy atom. The van der Waals surface area contributed by atoms with Gasteiger partial charge in [-0.25, -0.2) is 4.39 Å². The Kier molecular flexibility index (Phi) is 6.91. The third-order valence-electron chi connectivity index (χ3n) is 3.28. The zero-order valence-electron chi connectivity index (χ0n) is 12.7. The van der Waals surface area contributed by atoms with E-state index in [1.54, 1.807) is 20.3 Å². The molecule has 0 saturated heterocycles. The Balaban J connectivity index is 3.00. The second kappa shape index (κ2) is 8.19. The molecular weight excluding hydrogens is 259 g/mol. The molecule has 1 aromatic rings. The highest BCUT2D eigenvalue weighted by atomic mass is 19.1. The van der Waals surface area contributed by atoms with Crippen LogP contribution < -0.4 is 10.6 Å². The molecule has 1 rings (SSSR count). The first-order valence-electron chi connectivity index (χ1n) is 6.80. The molecule has 0 aliphatic carbocycles. The predicted octanol–water partition coefficient (Wildman–Crippen LogP) is 2.33. The number of benzene rings is 1. The highest BCUT2D eigenvalue weighted by Gasteiger charge is 2.18. The van der Waals surface area contributed by atoms with Gasteiger partial charge in [0.05, 0.1) is 18.9 Å². The average Bonchev–Trinajstić information content (AvgIpc) is 2.40. The highest BCUT2D eigenvalue weighted by Crippen LogP contribution is 2.24. The van der Waals surface area contributed by atoms with Gasteiger partial charge in [0, 0.05) is 32.8 Å². The number of halogens is 1. The van der Waals surface area contributed by atoms with Crippen molar-refractivity contribution in [2.24, 2.45) is 5.73 Å². The van der Waals surface area contributed by atoms with Crippen molar-refractivity contribution in [3.8, 4) is 0 Å². The van der Waals surface area contributed by atoms with E-state index in [0.717, 1.165) is 5.56 Å². The summed E-state index contributed by atoms with van der Waals surface area (Å²) in [7, 11) is 3.27. The zero-order valence-corrected chi connectivity index (χ0v) is 12.7. The van der Waals surface area contributed by atoms with Crippen molar-refractivity contribution in [3.05, 3.63) is 29.6 Å². The van der Waals surface area contributed by atoms with Gasteiger partial charge in [0.15, 0.2) is 0 Å². The van der Waals surface area contributed by atoms with E-state index in [2.05, 4.69) is 0 Å². The molecular formula is C15H25FN2O2. The van der Waals surface area contributed by atoms with Gasteiger partial charge in [-0.05, 0) is 31.5 Å². The minimum Gasteiger partial charge on any atom is -0.383 e. The molecule has 2 atom stereocenters. The van der Waals surface area contributed by atoms with Crippen LogP contribution in [0.1, 0.15) is 25.5 Å². The van der Waals surface area contributed by atoms with Crippen LogP contribution >= 0.6 is 0 Å². The summed E-state index contributed by atoms with van der Waals surface area (Å²) in [5, 5.41) is 0. The third kappa shape index (κ3) is 4.44. The fourth-order valence-electron chi connectivity index (χ4n) is 2.14. The van der Waals surface area contributed by atoms with E-state index in [9.17, 15) is 4.39 Å². The summed E-state index contributed by atoms with van der Waals surface area (Å²) in [5.41, 5.74) is 7.12. The average molecular weight is 284 g/mol. The van der Waals surface area contributed by atoms with Crippen LogP contribution in [0.15, 0.2) is 18.2 Å². The number of hydrogen-bond donors (Lipinski definition) is 1. The molecule has 5 heteroatoms. The van der Waals surface area contributed by atoms with Crippen molar-refractivity contribution in [2.75, 3.05) is 38.9 Å². The van der Waals surface area contributed by atoms with Crippen molar-refractivity contribution in [1.82, 2.24) is 0 Å². The summed E-state index contributed by atoms with van der Waals surface area (Å²) in [5.74, 6) is -0.265.